The van der Waals surface area contributed by atoms with Crippen LogP contribution < -0.4 is 20.3 Å². The first kappa shape index (κ1) is 31.1. The van der Waals surface area contributed by atoms with Gasteiger partial charge in [-0.1, -0.05) is 74.5 Å². The van der Waals surface area contributed by atoms with Crippen molar-refractivity contribution in [1.82, 2.24) is 10.2 Å². The Morgan fingerprint density at radius 3 is 2.08 bits per heavy atom. The Morgan fingerprint density at radius 1 is 0.919 bits per heavy atom. The summed E-state index contributed by atoms with van der Waals surface area (Å²) in [6, 6.07) is 14.0. The summed E-state index contributed by atoms with van der Waals surface area (Å²) >= 11 is 11.6. The van der Waals surface area contributed by atoms with E-state index in [9.17, 15) is 4.79 Å². The quantitative estimate of drug-likeness (QED) is 0.400. The van der Waals surface area contributed by atoms with Crippen LogP contribution in [0.2, 0.25) is 10.0 Å². The van der Waals surface area contributed by atoms with Gasteiger partial charge < -0.3 is 20.3 Å². The van der Waals surface area contributed by atoms with E-state index in [0.717, 1.165) is 24.9 Å². The van der Waals surface area contributed by atoms with E-state index in [1.807, 2.05) is 13.8 Å². The van der Waals surface area contributed by atoms with Crippen molar-refractivity contribution >= 4 is 40.6 Å². The number of hydrogen-bond donors (Lipinski definition) is 2. The zero-order chi connectivity index (χ0) is 27.2. The average molecular weight is 552 g/mol. The number of amides is 2. The predicted octanol–water partition coefficient (Wildman–Crippen LogP) is 7.70. The molecule has 8 heteroatoms. The number of urea groups is 1. The number of hydrogen-bond acceptors (Lipinski definition) is 4. The third kappa shape index (κ3) is 9.91. The second-order valence-electron chi connectivity index (χ2n) is 9.25. The summed E-state index contributed by atoms with van der Waals surface area (Å²) in [5, 5.41) is 5.74. The molecule has 2 aliphatic rings. The number of nitrogens with zero attached hydrogens (tertiary/aromatic N) is 2. The molecule has 1 heterocycles. The molecule has 2 fully saturated rings. The lowest BCUT2D eigenvalue weighted by Gasteiger charge is -2.41. The van der Waals surface area contributed by atoms with Crippen LogP contribution in [0, 0.1) is 0 Å². The van der Waals surface area contributed by atoms with Gasteiger partial charge in [0.25, 0.3) is 0 Å². The number of ether oxygens (including phenoxy) is 1. The summed E-state index contributed by atoms with van der Waals surface area (Å²) in [5.41, 5.74) is 1.68. The Hall–Kier alpha value is -2.15. The van der Waals surface area contributed by atoms with Crippen molar-refractivity contribution < 1.29 is 9.53 Å². The fraction of sp³-hybridized carbons (Fsp3) is 0.552. The molecule has 0 radical (unpaired) electrons. The topological polar surface area (TPSA) is 56.8 Å². The Bertz CT molecular complexity index is 923. The zero-order valence-corrected chi connectivity index (χ0v) is 24.5. The van der Waals surface area contributed by atoms with Gasteiger partial charge >= 0.3 is 6.03 Å². The number of nitrogens with one attached hydrogen (secondary N) is 2. The van der Waals surface area contributed by atoms with Crippen molar-refractivity contribution in [2.75, 3.05) is 43.4 Å². The molecule has 2 aromatic carbocycles. The van der Waals surface area contributed by atoms with E-state index >= 15 is 0 Å². The molecule has 0 unspecified atom stereocenters. The van der Waals surface area contributed by atoms with E-state index in [4.69, 9.17) is 27.9 Å². The smallest absolute Gasteiger partial charge is 0.319 e. The maximum atomic E-state index is 10.9. The lowest BCUT2D eigenvalue weighted by molar-refractivity contribution is 0.147. The van der Waals surface area contributed by atoms with Gasteiger partial charge in [-0.3, -0.25) is 4.90 Å². The minimum absolute atomic E-state index is 0.227. The number of rotatable bonds is 5. The second-order valence-corrected chi connectivity index (χ2v) is 10.1. The molecule has 2 aromatic rings. The van der Waals surface area contributed by atoms with Crippen LogP contribution in [-0.4, -0.2) is 56.3 Å². The molecule has 6 nitrogen and oxygen atoms in total. The van der Waals surface area contributed by atoms with Gasteiger partial charge in [0.2, 0.25) is 0 Å². The van der Waals surface area contributed by atoms with Gasteiger partial charge in [0.1, 0.15) is 5.75 Å². The summed E-state index contributed by atoms with van der Waals surface area (Å²) in [6.07, 6.45) is 7.34. The van der Waals surface area contributed by atoms with Gasteiger partial charge in [-0.05, 0) is 51.0 Å². The Balaban J connectivity index is 0.000000275. The molecule has 0 bridgehead atoms. The van der Waals surface area contributed by atoms with E-state index in [0.29, 0.717) is 15.7 Å². The number of carbonyl (C=O) groups excluding carboxylic acids is 1. The number of benzene rings is 2. The first-order valence-corrected chi connectivity index (χ1v) is 14.3. The normalized spacial score (nSPS) is 16.2. The summed E-state index contributed by atoms with van der Waals surface area (Å²) in [6.45, 7) is 12.8. The molecule has 1 saturated carbocycles. The minimum Gasteiger partial charge on any atom is -0.489 e. The summed E-state index contributed by atoms with van der Waals surface area (Å²) < 4.78 is 5.99. The SMILES string of the molecule is CC.CC(C)Oc1ccccc1N1CCN(C2CCCCC2)CC1.CNC(=O)Nc1c(Cl)cccc1Cl. The Morgan fingerprint density at radius 2 is 1.51 bits per heavy atom. The van der Waals surface area contributed by atoms with Crippen LogP contribution in [0.3, 0.4) is 0 Å². The molecule has 37 heavy (non-hydrogen) atoms. The van der Waals surface area contributed by atoms with Crippen molar-refractivity contribution in [2.45, 2.75) is 71.9 Å². The van der Waals surface area contributed by atoms with Crippen molar-refractivity contribution in [1.29, 1.82) is 0 Å². The van der Waals surface area contributed by atoms with Crippen molar-refractivity contribution in [3.8, 4) is 5.75 Å². The van der Waals surface area contributed by atoms with Crippen LogP contribution in [0.15, 0.2) is 42.5 Å². The third-order valence-corrected chi connectivity index (χ3v) is 7.03. The van der Waals surface area contributed by atoms with Gasteiger partial charge in [-0.2, -0.15) is 0 Å². The zero-order valence-electron chi connectivity index (χ0n) is 23.0. The van der Waals surface area contributed by atoms with Crippen molar-refractivity contribution in [3.63, 3.8) is 0 Å². The lowest BCUT2D eigenvalue weighted by Crippen LogP contribution is -2.50. The molecular weight excluding hydrogens is 507 g/mol. The van der Waals surface area contributed by atoms with Gasteiger partial charge in [0.15, 0.2) is 0 Å². The highest BCUT2D eigenvalue weighted by molar-refractivity contribution is 6.39. The number of para-hydroxylation sites is 3. The number of piperazine rings is 1. The fourth-order valence-corrected chi connectivity index (χ4v) is 5.13. The average Bonchev–Trinajstić information content (AvgIpc) is 2.93. The summed E-state index contributed by atoms with van der Waals surface area (Å²) in [5.74, 6) is 1.03. The molecule has 0 atom stereocenters. The molecule has 4 rings (SSSR count). The van der Waals surface area contributed by atoms with Crippen LogP contribution >= 0.6 is 23.2 Å². The second kappa shape index (κ2) is 16.6. The van der Waals surface area contributed by atoms with Gasteiger partial charge in [-0.15, -0.1) is 0 Å². The van der Waals surface area contributed by atoms with Crippen LogP contribution in [0.4, 0.5) is 16.2 Å². The monoisotopic (exact) mass is 550 g/mol. The van der Waals surface area contributed by atoms with Crippen LogP contribution in [-0.2, 0) is 0 Å². The maximum absolute atomic E-state index is 10.9. The van der Waals surface area contributed by atoms with Gasteiger partial charge in [0.05, 0.1) is 27.5 Å². The van der Waals surface area contributed by atoms with Crippen molar-refractivity contribution in [2.24, 2.45) is 0 Å². The molecule has 0 aromatic heterocycles. The van der Waals surface area contributed by atoms with E-state index in [1.54, 1.807) is 18.2 Å². The minimum atomic E-state index is -0.352. The van der Waals surface area contributed by atoms with Gasteiger partial charge in [0, 0.05) is 39.3 Å². The molecule has 1 aliphatic carbocycles. The number of carbonyl (C=O) groups is 1. The van der Waals surface area contributed by atoms with Crippen molar-refractivity contribution in [3.05, 3.63) is 52.5 Å². The maximum Gasteiger partial charge on any atom is 0.319 e. The van der Waals surface area contributed by atoms with E-state index in [2.05, 4.69) is 58.5 Å². The fourth-order valence-electron chi connectivity index (χ4n) is 4.64. The molecule has 2 amide bonds. The molecule has 0 spiro atoms. The lowest BCUT2D eigenvalue weighted by atomic mass is 9.94. The molecule has 206 valence electrons. The molecule has 2 N–H and O–H groups in total. The molecule has 1 saturated heterocycles. The first-order chi connectivity index (χ1) is 17.9. The largest absolute Gasteiger partial charge is 0.489 e. The third-order valence-electron chi connectivity index (χ3n) is 6.40. The van der Waals surface area contributed by atoms with E-state index < -0.39 is 0 Å². The number of anilines is 2. The van der Waals surface area contributed by atoms with E-state index in [-0.39, 0.29) is 12.1 Å². The van der Waals surface area contributed by atoms with Crippen LogP contribution in [0.5, 0.6) is 5.75 Å². The Kier molecular flexibility index (Phi) is 14.0. The summed E-state index contributed by atoms with van der Waals surface area (Å²) in [7, 11) is 1.51. The molecular formula is C29H44Cl2N4O2. The van der Waals surface area contributed by atoms with E-state index in [1.165, 1.54) is 57.9 Å². The molecule has 1 aliphatic heterocycles. The van der Waals surface area contributed by atoms with Crippen LogP contribution in [0.25, 0.3) is 0 Å². The number of halogens is 2. The van der Waals surface area contributed by atoms with Gasteiger partial charge in [-0.25, -0.2) is 4.79 Å². The summed E-state index contributed by atoms with van der Waals surface area (Å²) in [4.78, 5) is 16.2. The predicted molar refractivity (Wildman–Crippen MR) is 159 cm³/mol. The first-order valence-electron chi connectivity index (χ1n) is 13.6. The van der Waals surface area contributed by atoms with Crippen LogP contribution in [0.1, 0.15) is 59.8 Å². The standard InChI is InChI=1S/C19H30N2O.C8H8Cl2N2O.C2H6/c1-16(2)22-19-11-7-6-10-18(19)21-14-12-20(13-15-21)17-8-4-3-5-9-17;1-11-8(13)12-7-5(9)3-2-4-6(7)10;1-2/h6-7,10-11,16-17H,3-5,8-9,12-15H2,1-2H3;2-4H,1H3,(H2,11,12,13);1-2H3. The Labute approximate surface area is 233 Å². The highest BCUT2D eigenvalue weighted by Crippen LogP contribution is 2.31. The highest BCUT2D eigenvalue weighted by atomic mass is 35.5. The highest BCUT2D eigenvalue weighted by Gasteiger charge is 2.26.